The molecule has 2 heteroatoms. The SMILES string of the molecule is c1ccc(C2(CN3CCCC4(CCCNC4)C3)CCC2)cc1. The van der Waals surface area contributed by atoms with Crippen molar-refractivity contribution in [2.45, 2.75) is 50.4 Å². The summed E-state index contributed by atoms with van der Waals surface area (Å²) in [5.74, 6) is 0. The van der Waals surface area contributed by atoms with E-state index in [1.54, 1.807) is 5.56 Å². The molecule has 2 nitrogen and oxygen atoms in total. The minimum absolute atomic E-state index is 0.460. The lowest BCUT2D eigenvalue weighted by Gasteiger charge is -2.51. The normalized spacial score (nSPS) is 31.8. The topological polar surface area (TPSA) is 15.3 Å². The molecule has 1 unspecified atom stereocenters. The Kier molecular flexibility index (Phi) is 4.00. The Morgan fingerprint density at radius 1 is 0.955 bits per heavy atom. The molecule has 2 aliphatic heterocycles. The zero-order valence-corrected chi connectivity index (χ0v) is 13.8. The van der Waals surface area contributed by atoms with Crippen molar-refractivity contribution in [2.75, 3.05) is 32.7 Å². The standard InChI is InChI=1S/C20H30N2/c1-2-7-18(8-3-1)20(11-4-12-20)17-22-14-6-10-19(16-22)9-5-13-21-15-19/h1-3,7-8,21H,4-6,9-17H2. The van der Waals surface area contributed by atoms with E-state index in [4.69, 9.17) is 0 Å². The molecule has 3 aliphatic rings. The van der Waals surface area contributed by atoms with E-state index in [2.05, 4.69) is 40.5 Å². The van der Waals surface area contributed by atoms with Gasteiger partial charge in [0.2, 0.25) is 0 Å². The molecule has 0 radical (unpaired) electrons. The first kappa shape index (κ1) is 14.7. The molecule has 1 atom stereocenters. The predicted molar refractivity (Wildman–Crippen MR) is 92.2 cm³/mol. The number of nitrogens with zero attached hydrogens (tertiary/aromatic N) is 1. The summed E-state index contributed by atoms with van der Waals surface area (Å²) in [4.78, 5) is 2.81. The molecule has 1 aromatic carbocycles. The molecular weight excluding hydrogens is 268 g/mol. The van der Waals surface area contributed by atoms with Gasteiger partial charge in [-0.25, -0.2) is 0 Å². The molecule has 0 aromatic heterocycles. The van der Waals surface area contributed by atoms with Crippen molar-refractivity contribution in [2.24, 2.45) is 5.41 Å². The number of rotatable bonds is 3. The maximum atomic E-state index is 3.66. The van der Waals surface area contributed by atoms with Gasteiger partial charge in [-0.1, -0.05) is 36.8 Å². The third-order valence-corrected chi connectivity index (χ3v) is 6.52. The van der Waals surface area contributed by atoms with Gasteiger partial charge in [0, 0.05) is 25.0 Å². The smallest absolute Gasteiger partial charge is 0.00803 e. The molecule has 120 valence electrons. The lowest BCUT2D eigenvalue weighted by Crippen LogP contribution is -2.55. The highest BCUT2D eigenvalue weighted by Crippen LogP contribution is 2.46. The molecule has 4 rings (SSSR count). The molecule has 0 amide bonds. The fourth-order valence-electron chi connectivity index (χ4n) is 5.19. The Bertz CT molecular complexity index is 480. The monoisotopic (exact) mass is 298 g/mol. The van der Waals surface area contributed by atoms with Gasteiger partial charge in [-0.2, -0.15) is 0 Å². The molecule has 2 heterocycles. The number of likely N-dealkylation sites (tertiary alicyclic amines) is 1. The summed E-state index contributed by atoms with van der Waals surface area (Å²) in [5, 5.41) is 3.66. The number of nitrogens with one attached hydrogen (secondary N) is 1. The Morgan fingerprint density at radius 3 is 2.45 bits per heavy atom. The van der Waals surface area contributed by atoms with Gasteiger partial charge >= 0.3 is 0 Å². The van der Waals surface area contributed by atoms with Crippen LogP contribution in [0, 0.1) is 5.41 Å². The highest BCUT2D eigenvalue weighted by Gasteiger charge is 2.43. The lowest BCUT2D eigenvalue weighted by molar-refractivity contribution is 0.0350. The fraction of sp³-hybridized carbons (Fsp3) is 0.700. The quantitative estimate of drug-likeness (QED) is 0.917. The molecular formula is C20H30N2. The summed E-state index contributed by atoms with van der Waals surface area (Å²) >= 11 is 0. The van der Waals surface area contributed by atoms with Crippen LogP contribution in [-0.4, -0.2) is 37.6 Å². The summed E-state index contributed by atoms with van der Waals surface area (Å²) in [5.41, 5.74) is 2.63. The van der Waals surface area contributed by atoms with Crippen LogP contribution in [0.15, 0.2) is 30.3 Å². The van der Waals surface area contributed by atoms with Gasteiger partial charge in [-0.15, -0.1) is 0 Å². The first-order valence-electron chi connectivity index (χ1n) is 9.29. The van der Waals surface area contributed by atoms with Gasteiger partial charge in [-0.3, -0.25) is 0 Å². The number of hydrogen-bond acceptors (Lipinski definition) is 2. The highest BCUT2D eigenvalue weighted by molar-refractivity contribution is 5.28. The van der Waals surface area contributed by atoms with E-state index in [0.29, 0.717) is 10.8 Å². The van der Waals surface area contributed by atoms with E-state index < -0.39 is 0 Å². The van der Waals surface area contributed by atoms with Crippen LogP contribution in [0.25, 0.3) is 0 Å². The first-order chi connectivity index (χ1) is 10.8. The van der Waals surface area contributed by atoms with Crippen LogP contribution in [0.4, 0.5) is 0 Å². The second-order valence-corrected chi connectivity index (χ2v) is 8.09. The maximum absolute atomic E-state index is 3.66. The zero-order valence-electron chi connectivity index (χ0n) is 13.8. The Balaban J connectivity index is 1.48. The summed E-state index contributed by atoms with van der Waals surface area (Å²) in [6.45, 7) is 6.42. The number of hydrogen-bond donors (Lipinski definition) is 1. The van der Waals surface area contributed by atoms with E-state index in [9.17, 15) is 0 Å². The summed E-state index contributed by atoms with van der Waals surface area (Å²) < 4.78 is 0. The third-order valence-electron chi connectivity index (χ3n) is 6.52. The van der Waals surface area contributed by atoms with Gasteiger partial charge in [0.1, 0.15) is 0 Å². The van der Waals surface area contributed by atoms with Gasteiger partial charge < -0.3 is 10.2 Å². The van der Waals surface area contributed by atoms with Crippen molar-refractivity contribution in [1.82, 2.24) is 10.2 Å². The predicted octanol–water partition coefficient (Wildman–Crippen LogP) is 3.57. The van der Waals surface area contributed by atoms with Gasteiger partial charge in [0.25, 0.3) is 0 Å². The van der Waals surface area contributed by atoms with Gasteiger partial charge in [0.05, 0.1) is 0 Å². The molecule has 2 saturated heterocycles. The van der Waals surface area contributed by atoms with E-state index in [1.807, 2.05) is 0 Å². The molecule has 1 saturated carbocycles. The molecule has 1 aliphatic carbocycles. The van der Waals surface area contributed by atoms with Crippen molar-refractivity contribution in [3.8, 4) is 0 Å². The van der Waals surface area contributed by atoms with E-state index in [-0.39, 0.29) is 0 Å². The van der Waals surface area contributed by atoms with Crippen LogP contribution in [-0.2, 0) is 5.41 Å². The minimum Gasteiger partial charge on any atom is -0.316 e. The second kappa shape index (κ2) is 5.98. The van der Waals surface area contributed by atoms with Crippen molar-refractivity contribution in [1.29, 1.82) is 0 Å². The van der Waals surface area contributed by atoms with Crippen LogP contribution in [0.5, 0.6) is 0 Å². The van der Waals surface area contributed by atoms with Crippen molar-refractivity contribution >= 4 is 0 Å². The summed E-state index contributed by atoms with van der Waals surface area (Å²) in [6, 6.07) is 11.3. The molecule has 3 fully saturated rings. The average molecular weight is 298 g/mol. The van der Waals surface area contributed by atoms with Crippen LogP contribution in [0.2, 0.25) is 0 Å². The minimum atomic E-state index is 0.460. The molecule has 1 spiro atoms. The first-order valence-corrected chi connectivity index (χ1v) is 9.29. The highest BCUT2D eigenvalue weighted by atomic mass is 15.2. The van der Waals surface area contributed by atoms with Crippen molar-refractivity contribution in [3.05, 3.63) is 35.9 Å². The summed E-state index contributed by atoms with van der Waals surface area (Å²) in [6.07, 6.45) is 9.83. The second-order valence-electron chi connectivity index (χ2n) is 8.09. The van der Waals surface area contributed by atoms with E-state index in [0.717, 1.165) is 0 Å². The van der Waals surface area contributed by atoms with Crippen LogP contribution in [0.3, 0.4) is 0 Å². The third kappa shape index (κ3) is 2.72. The zero-order chi connectivity index (χ0) is 14.9. The van der Waals surface area contributed by atoms with Gasteiger partial charge in [0.15, 0.2) is 0 Å². The Hall–Kier alpha value is -0.860. The Morgan fingerprint density at radius 2 is 1.77 bits per heavy atom. The van der Waals surface area contributed by atoms with Crippen molar-refractivity contribution in [3.63, 3.8) is 0 Å². The number of benzene rings is 1. The van der Waals surface area contributed by atoms with Crippen LogP contribution < -0.4 is 5.32 Å². The molecule has 0 bridgehead atoms. The van der Waals surface area contributed by atoms with Crippen LogP contribution in [0.1, 0.15) is 50.5 Å². The Labute approximate surface area is 135 Å². The molecule has 22 heavy (non-hydrogen) atoms. The largest absolute Gasteiger partial charge is 0.316 e. The van der Waals surface area contributed by atoms with Gasteiger partial charge in [-0.05, 0) is 62.6 Å². The lowest BCUT2D eigenvalue weighted by atomic mass is 9.63. The van der Waals surface area contributed by atoms with Crippen LogP contribution >= 0.6 is 0 Å². The number of piperidine rings is 2. The van der Waals surface area contributed by atoms with E-state index >= 15 is 0 Å². The molecule has 1 aromatic rings. The van der Waals surface area contributed by atoms with E-state index in [1.165, 1.54) is 77.7 Å². The maximum Gasteiger partial charge on any atom is 0.00803 e. The fourth-order valence-corrected chi connectivity index (χ4v) is 5.19. The average Bonchev–Trinajstić information content (AvgIpc) is 2.53. The van der Waals surface area contributed by atoms with Crippen molar-refractivity contribution < 1.29 is 0 Å². The summed E-state index contributed by atoms with van der Waals surface area (Å²) in [7, 11) is 0. The molecule has 1 N–H and O–H groups in total.